The molecular weight excluding hydrogens is 367 g/mol. The Bertz CT molecular complexity index is 554. The first-order chi connectivity index (χ1) is 9.81. The van der Waals surface area contributed by atoms with Gasteiger partial charge < -0.3 is 9.47 Å². The minimum atomic E-state index is 0.537. The van der Waals surface area contributed by atoms with Gasteiger partial charge in [-0.1, -0.05) is 42.4 Å². The Hall–Kier alpha value is -0.820. The first-order valence-electron chi connectivity index (χ1n) is 6.98. The molecule has 110 valence electrons. The van der Waals surface area contributed by atoms with Crippen LogP contribution in [0.2, 0.25) is 0 Å². The Morgan fingerprint density at radius 3 is 2.90 bits per heavy atom. The Kier molecular flexibility index (Phi) is 6.09. The van der Waals surface area contributed by atoms with Crippen LogP contribution >= 0.6 is 22.6 Å². The van der Waals surface area contributed by atoms with Gasteiger partial charge in [-0.25, -0.2) is 4.98 Å². The zero-order valence-electron chi connectivity index (χ0n) is 12.1. The molecule has 0 radical (unpaired) electrons. The Morgan fingerprint density at radius 1 is 1.35 bits per heavy atom. The van der Waals surface area contributed by atoms with Crippen molar-refractivity contribution >= 4 is 28.2 Å². The van der Waals surface area contributed by atoms with Crippen molar-refractivity contribution in [1.82, 2.24) is 9.38 Å². The maximum absolute atomic E-state index is 5.89. The van der Waals surface area contributed by atoms with E-state index in [9.17, 15) is 0 Å². The zero-order valence-corrected chi connectivity index (χ0v) is 14.2. The van der Waals surface area contributed by atoms with E-state index < -0.39 is 0 Å². The highest BCUT2D eigenvalue weighted by molar-refractivity contribution is 14.1. The van der Waals surface area contributed by atoms with Crippen LogP contribution in [0.4, 0.5) is 0 Å². The minimum absolute atomic E-state index is 0.537. The number of unbranched alkanes of at least 4 members (excludes halogenated alkanes) is 2. The lowest BCUT2D eigenvalue weighted by atomic mass is 10.3. The lowest BCUT2D eigenvalue weighted by molar-refractivity contribution is 0.181. The number of imidazole rings is 1. The van der Waals surface area contributed by atoms with Crippen LogP contribution in [0.1, 0.15) is 37.6 Å². The summed E-state index contributed by atoms with van der Waals surface area (Å²) < 4.78 is 14.1. The minimum Gasteiger partial charge on any atom is -0.490 e. The van der Waals surface area contributed by atoms with Crippen molar-refractivity contribution in [3.05, 3.63) is 29.7 Å². The van der Waals surface area contributed by atoms with Gasteiger partial charge in [-0.2, -0.15) is 0 Å². The summed E-state index contributed by atoms with van der Waals surface area (Å²) in [7, 11) is 1.70. The largest absolute Gasteiger partial charge is 0.490 e. The molecule has 2 rings (SSSR count). The van der Waals surface area contributed by atoms with Gasteiger partial charge in [0.2, 0.25) is 0 Å². The molecule has 0 fully saturated rings. The normalized spacial score (nSPS) is 11.2. The van der Waals surface area contributed by atoms with E-state index in [4.69, 9.17) is 9.47 Å². The molecule has 0 saturated heterocycles. The summed E-state index contributed by atoms with van der Waals surface area (Å²) in [6.45, 7) is 3.48. The Labute approximate surface area is 133 Å². The average Bonchev–Trinajstić information content (AvgIpc) is 2.82. The molecule has 0 spiro atoms. The molecule has 0 unspecified atom stereocenters. The van der Waals surface area contributed by atoms with Gasteiger partial charge in [0.1, 0.15) is 0 Å². The van der Waals surface area contributed by atoms with Crippen LogP contribution in [0.25, 0.3) is 5.65 Å². The SMILES string of the molecule is CCCCCOc1cccn2c(CI)c(COC)nc12. The number of ether oxygens (including phenoxy) is 2. The first kappa shape index (κ1) is 15.6. The molecule has 0 bridgehead atoms. The first-order valence-corrected chi connectivity index (χ1v) is 8.50. The van der Waals surface area contributed by atoms with E-state index in [2.05, 4.69) is 38.9 Å². The van der Waals surface area contributed by atoms with E-state index in [0.29, 0.717) is 6.61 Å². The molecule has 0 amide bonds. The lowest BCUT2D eigenvalue weighted by Gasteiger charge is -2.07. The second-order valence-corrected chi connectivity index (χ2v) is 5.46. The number of aromatic nitrogens is 2. The van der Waals surface area contributed by atoms with Crippen LogP contribution in [-0.4, -0.2) is 23.1 Å². The third kappa shape index (κ3) is 3.44. The van der Waals surface area contributed by atoms with Crippen molar-refractivity contribution in [1.29, 1.82) is 0 Å². The smallest absolute Gasteiger partial charge is 0.180 e. The summed E-state index contributed by atoms with van der Waals surface area (Å²) in [5, 5.41) is 0. The number of alkyl halides is 1. The van der Waals surface area contributed by atoms with Gasteiger partial charge in [0, 0.05) is 17.7 Å². The van der Waals surface area contributed by atoms with E-state index in [1.54, 1.807) is 7.11 Å². The van der Waals surface area contributed by atoms with E-state index in [-0.39, 0.29) is 0 Å². The van der Waals surface area contributed by atoms with Gasteiger partial charge in [-0.05, 0) is 18.6 Å². The van der Waals surface area contributed by atoms with Gasteiger partial charge in [0.25, 0.3) is 0 Å². The number of fused-ring (bicyclic) bond motifs is 1. The van der Waals surface area contributed by atoms with Gasteiger partial charge in [-0.3, -0.25) is 4.40 Å². The summed E-state index contributed by atoms with van der Waals surface area (Å²) in [6.07, 6.45) is 5.52. The van der Waals surface area contributed by atoms with E-state index in [1.807, 2.05) is 18.3 Å². The van der Waals surface area contributed by atoms with E-state index in [1.165, 1.54) is 18.5 Å². The van der Waals surface area contributed by atoms with Gasteiger partial charge in [-0.15, -0.1) is 0 Å². The Morgan fingerprint density at radius 2 is 2.20 bits per heavy atom. The Balaban J connectivity index is 2.27. The zero-order chi connectivity index (χ0) is 14.4. The molecule has 5 heteroatoms. The summed E-state index contributed by atoms with van der Waals surface area (Å²) >= 11 is 2.36. The number of hydrogen-bond acceptors (Lipinski definition) is 3. The molecule has 0 aromatic carbocycles. The fourth-order valence-electron chi connectivity index (χ4n) is 2.18. The number of nitrogens with zero attached hydrogens (tertiary/aromatic N) is 2. The van der Waals surface area contributed by atoms with Crippen molar-refractivity contribution in [2.24, 2.45) is 0 Å². The predicted molar refractivity (Wildman–Crippen MR) is 88.6 cm³/mol. The van der Waals surface area contributed by atoms with E-state index >= 15 is 0 Å². The molecule has 0 aliphatic rings. The number of methoxy groups -OCH3 is 1. The number of pyridine rings is 1. The average molecular weight is 388 g/mol. The third-order valence-corrected chi connectivity index (χ3v) is 3.93. The van der Waals surface area contributed by atoms with Gasteiger partial charge in [0.15, 0.2) is 11.4 Å². The summed E-state index contributed by atoms with van der Waals surface area (Å²) in [6, 6.07) is 4.00. The molecule has 0 aliphatic heterocycles. The summed E-state index contributed by atoms with van der Waals surface area (Å²) in [5.41, 5.74) is 3.07. The quantitative estimate of drug-likeness (QED) is 0.390. The highest BCUT2D eigenvalue weighted by Crippen LogP contribution is 2.24. The second kappa shape index (κ2) is 7.83. The number of hydrogen-bond donors (Lipinski definition) is 0. The van der Waals surface area contributed by atoms with Crippen molar-refractivity contribution in [2.75, 3.05) is 13.7 Å². The van der Waals surface area contributed by atoms with E-state index in [0.717, 1.165) is 34.5 Å². The van der Waals surface area contributed by atoms with Crippen LogP contribution in [-0.2, 0) is 15.8 Å². The van der Waals surface area contributed by atoms with Crippen molar-refractivity contribution < 1.29 is 9.47 Å². The molecule has 2 aromatic heterocycles. The maximum atomic E-state index is 5.89. The van der Waals surface area contributed by atoms with Crippen molar-refractivity contribution in [2.45, 2.75) is 37.2 Å². The molecule has 0 atom stereocenters. The van der Waals surface area contributed by atoms with Crippen LogP contribution < -0.4 is 4.74 Å². The van der Waals surface area contributed by atoms with Crippen LogP contribution in [0.5, 0.6) is 5.75 Å². The van der Waals surface area contributed by atoms with Gasteiger partial charge in [0.05, 0.1) is 24.6 Å². The fourth-order valence-corrected chi connectivity index (χ4v) is 2.99. The van der Waals surface area contributed by atoms with Crippen LogP contribution in [0.3, 0.4) is 0 Å². The lowest BCUT2D eigenvalue weighted by Crippen LogP contribution is -1.99. The topological polar surface area (TPSA) is 35.8 Å². The van der Waals surface area contributed by atoms with Crippen molar-refractivity contribution in [3.63, 3.8) is 0 Å². The molecule has 2 aromatic rings. The monoisotopic (exact) mass is 388 g/mol. The van der Waals surface area contributed by atoms with Crippen LogP contribution in [0.15, 0.2) is 18.3 Å². The number of rotatable bonds is 8. The highest BCUT2D eigenvalue weighted by Gasteiger charge is 2.14. The molecule has 0 saturated carbocycles. The molecule has 2 heterocycles. The van der Waals surface area contributed by atoms with Crippen molar-refractivity contribution in [3.8, 4) is 5.75 Å². The predicted octanol–water partition coefficient (Wildman–Crippen LogP) is 3.98. The highest BCUT2D eigenvalue weighted by atomic mass is 127. The molecule has 4 nitrogen and oxygen atoms in total. The van der Waals surface area contributed by atoms with Gasteiger partial charge >= 0.3 is 0 Å². The standard InChI is InChI=1S/C15H21IN2O2/c1-3-4-5-9-20-14-7-6-8-18-13(10-16)12(11-19-2)17-15(14)18/h6-8H,3-5,9-11H2,1-2H3. The fraction of sp³-hybridized carbons (Fsp3) is 0.533. The van der Waals surface area contributed by atoms with Crippen LogP contribution in [0, 0.1) is 0 Å². The number of halogens is 1. The maximum Gasteiger partial charge on any atom is 0.180 e. The molecule has 20 heavy (non-hydrogen) atoms. The summed E-state index contributed by atoms with van der Waals surface area (Å²) in [5.74, 6) is 0.858. The molecule has 0 aliphatic carbocycles. The molecular formula is C15H21IN2O2. The third-order valence-electron chi connectivity index (χ3n) is 3.21. The molecule has 0 N–H and O–H groups in total. The summed E-state index contributed by atoms with van der Waals surface area (Å²) in [4.78, 5) is 4.68. The second-order valence-electron chi connectivity index (χ2n) is 4.69.